The normalized spacial score (nSPS) is 17.2. The fraction of sp³-hybridized carbons (Fsp3) is 0.391. The Hall–Kier alpha value is -2.59. The van der Waals surface area contributed by atoms with E-state index in [4.69, 9.17) is 9.47 Å². The molecule has 2 aromatic carbocycles. The number of rotatable bonds is 9. The lowest BCUT2D eigenvalue weighted by molar-refractivity contribution is -0.125. The molecule has 3 rings (SSSR count). The van der Waals surface area contributed by atoms with Crippen LogP contribution in [0.1, 0.15) is 31.7 Å². The number of carbonyl (C=O) groups is 2. The van der Waals surface area contributed by atoms with E-state index in [2.05, 4.69) is 0 Å². The van der Waals surface area contributed by atoms with Gasteiger partial charge in [0, 0.05) is 14.2 Å². The Labute approximate surface area is 188 Å². The predicted molar refractivity (Wildman–Crippen MR) is 120 cm³/mol. The van der Waals surface area contributed by atoms with Crippen molar-refractivity contribution in [2.24, 2.45) is 0 Å². The van der Waals surface area contributed by atoms with E-state index in [1.165, 1.54) is 26.4 Å². The van der Waals surface area contributed by atoms with Crippen molar-refractivity contribution in [3.8, 4) is 0 Å². The summed E-state index contributed by atoms with van der Waals surface area (Å²) < 4.78 is 38.3. The van der Waals surface area contributed by atoms with E-state index in [1.807, 2.05) is 26.0 Å². The third-order valence-corrected chi connectivity index (χ3v) is 7.38. The van der Waals surface area contributed by atoms with Gasteiger partial charge in [0.05, 0.1) is 23.5 Å². The van der Waals surface area contributed by atoms with Gasteiger partial charge in [0.25, 0.3) is 5.91 Å². The van der Waals surface area contributed by atoms with Gasteiger partial charge in [-0.15, -0.1) is 0 Å². The van der Waals surface area contributed by atoms with Crippen molar-refractivity contribution in [2.75, 3.05) is 25.7 Å². The van der Waals surface area contributed by atoms with E-state index in [9.17, 15) is 18.0 Å². The molecule has 0 N–H and O–H groups in total. The number of methoxy groups -OCH3 is 2. The van der Waals surface area contributed by atoms with E-state index in [1.54, 1.807) is 30.3 Å². The zero-order valence-electron chi connectivity index (χ0n) is 18.6. The highest BCUT2D eigenvalue weighted by Gasteiger charge is 2.47. The minimum atomic E-state index is -4.11. The van der Waals surface area contributed by atoms with Crippen LogP contribution < -0.4 is 4.90 Å². The lowest BCUT2D eigenvalue weighted by Crippen LogP contribution is -2.49. The van der Waals surface area contributed by atoms with Gasteiger partial charge in [0.1, 0.15) is 6.04 Å². The second kappa shape index (κ2) is 9.91. The first kappa shape index (κ1) is 24.1. The highest BCUT2D eigenvalue weighted by Crippen LogP contribution is 2.30. The average molecular weight is 461 g/mol. The number of carbonyl (C=O) groups excluding carboxylic acids is 2. The molecule has 1 aliphatic heterocycles. The van der Waals surface area contributed by atoms with Gasteiger partial charge in [-0.3, -0.25) is 9.59 Å². The highest BCUT2D eigenvalue weighted by atomic mass is 32.2. The molecule has 1 unspecified atom stereocenters. The molecule has 32 heavy (non-hydrogen) atoms. The molecule has 0 bridgehead atoms. The van der Waals surface area contributed by atoms with Crippen molar-refractivity contribution >= 4 is 27.5 Å². The Balaban J connectivity index is 1.98. The van der Waals surface area contributed by atoms with Gasteiger partial charge in [-0.05, 0) is 35.7 Å². The maximum atomic E-state index is 13.4. The number of anilines is 1. The van der Waals surface area contributed by atoms with Crippen molar-refractivity contribution in [3.63, 3.8) is 0 Å². The summed E-state index contributed by atoms with van der Waals surface area (Å²) >= 11 is 0. The van der Waals surface area contributed by atoms with Gasteiger partial charge in [-0.1, -0.05) is 44.2 Å². The SMILES string of the molecule is COC(CN(C1CC(=O)N(c2ccc(C(C)C)cc2)C1=O)S(=O)(=O)c1ccccc1)OC. The second-order valence-electron chi connectivity index (χ2n) is 7.82. The van der Waals surface area contributed by atoms with Crippen LogP contribution in [0.3, 0.4) is 0 Å². The molecule has 0 spiro atoms. The highest BCUT2D eigenvalue weighted by molar-refractivity contribution is 7.89. The molecule has 1 fully saturated rings. The average Bonchev–Trinajstić information content (AvgIpc) is 3.08. The van der Waals surface area contributed by atoms with Crippen LogP contribution in [0.25, 0.3) is 0 Å². The van der Waals surface area contributed by atoms with Crippen molar-refractivity contribution in [1.82, 2.24) is 4.31 Å². The Morgan fingerprint density at radius 3 is 2.12 bits per heavy atom. The number of sulfonamides is 1. The predicted octanol–water partition coefficient (Wildman–Crippen LogP) is 2.75. The first-order valence-electron chi connectivity index (χ1n) is 10.3. The lowest BCUT2D eigenvalue weighted by Gasteiger charge is -2.29. The summed E-state index contributed by atoms with van der Waals surface area (Å²) in [5, 5.41) is 0. The molecule has 0 saturated carbocycles. The van der Waals surface area contributed by atoms with Crippen LogP contribution in [0.2, 0.25) is 0 Å². The fourth-order valence-corrected chi connectivity index (χ4v) is 5.22. The summed E-state index contributed by atoms with van der Waals surface area (Å²) in [5.74, 6) is -0.761. The summed E-state index contributed by atoms with van der Waals surface area (Å²) in [4.78, 5) is 27.2. The van der Waals surface area contributed by atoms with E-state index >= 15 is 0 Å². The molecule has 172 valence electrons. The Bertz CT molecular complexity index is 1050. The largest absolute Gasteiger partial charge is 0.354 e. The van der Waals surface area contributed by atoms with Gasteiger partial charge < -0.3 is 9.47 Å². The van der Waals surface area contributed by atoms with Gasteiger partial charge >= 0.3 is 0 Å². The first-order chi connectivity index (χ1) is 15.2. The van der Waals surface area contributed by atoms with Gasteiger partial charge in [0.2, 0.25) is 15.9 Å². The molecule has 1 aliphatic rings. The maximum absolute atomic E-state index is 13.4. The number of nitrogens with zero attached hydrogens (tertiary/aromatic N) is 2. The summed E-state index contributed by atoms with van der Waals surface area (Å²) in [6.45, 7) is 3.85. The Morgan fingerprint density at radius 2 is 1.59 bits per heavy atom. The van der Waals surface area contributed by atoms with Crippen LogP contribution in [-0.2, 0) is 29.1 Å². The quantitative estimate of drug-likeness (QED) is 0.422. The second-order valence-corrected chi connectivity index (χ2v) is 9.71. The molecule has 2 amide bonds. The molecule has 1 saturated heterocycles. The molecule has 0 radical (unpaired) electrons. The minimum Gasteiger partial charge on any atom is -0.354 e. The monoisotopic (exact) mass is 460 g/mol. The van der Waals surface area contributed by atoms with Crippen LogP contribution in [-0.4, -0.2) is 57.6 Å². The maximum Gasteiger partial charge on any atom is 0.252 e. The smallest absolute Gasteiger partial charge is 0.252 e. The number of ether oxygens (including phenoxy) is 2. The van der Waals surface area contributed by atoms with Crippen molar-refractivity contribution < 1.29 is 27.5 Å². The van der Waals surface area contributed by atoms with Gasteiger partial charge in [-0.2, -0.15) is 4.31 Å². The van der Waals surface area contributed by atoms with E-state index in [0.717, 1.165) is 14.8 Å². The molecule has 0 aliphatic carbocycles. The Kier molecular flexibility index (Phi) is 7.45. The molecular formula is C23H28N2O6S. The van der Waals surface area contributed by atoms with E-state index in [-0.39, 0.29) is 17.9 Å². The molecule has 2 aromatic rings. The number of hydrogen-bond acceptors (Lipinski definition) is 6. The fourth-order valence-electron chi connectivity index (χ4n) is 3.63. The van der Waals surface area contributed by atoms with Gasteiger partial charge in [0.15, 0.2) is 6.29 Å². The van der Waals surface area contributed by atoms with Crippen LogP contribution in [0.5, 0.6) is 0 Å². The van der Waals surface area contributed by atoms with Crippen LogP contribution in [0.4, 0.5) is 5.69 Å². The standard InChI is InChI=1S/C23H28N2O6S/c1-16(2)17-10-12-18(13-11-17)25-21(26)14-20(23(25)27)24(15-22(30-3)31-4)32(28,29)19-8-6-5-7-9-19/h5-13,16,20,22H,14-15H2,1-4H3. The molecule has 0 aromatic heterocycles. The van der Waals surface area contributed by atoms with E-state index < -0.39 is 34.2 Å². The van der Waals surface area contributed by atoms with Crippen LogP contribution in [0.15, 0.2) is 59.5 Å². The first-order valence-corrected chi connectivity index (χ1v) is 11.7. The number of imide groups is 1. The number of amides is 2. The third-order valence-electron chi connectivity index (χ3n) is 5.49. The summed E-state index contributed by atoms with van der Waals surface area (Å²) in [6.07, 6.45) is -1.17. The molecule has 1 atom stereocenters. The summed E-state index contributed by atoms with van der Waals surface area (Å²) in [5.41, 5.74) is 1.49. The summed E-state index contributed by atoms with van der Waals surface area (Å²) in [6, 6.07) is 13.7. The summed E-state index contributed by atoms with van der Waals surface area (Å²) in [7, 11) is -1.34. The zero-order chi connectivity index (χ0) is 23.5. The van der Waals surface area contributed by atoms with E-state index in [0.29, 0.717) is 11.6 Å². The number of hydrogen-bond donors (Lipinski definition) is 0. The van der Waals surface area contributed by atoms with Crippen molar-refractivity contribution in [3.05, 3.63) is 60.2 Å². The molecular weight excluding hydrogens is 432 g/mol. The van der Waals surface area contributed by atoms with Crippen molar-refractivity contribution in [1.29, 1.82) is 0 Å². The Morgan fingerprint density at radius 1 is 1.00 bits per heavy atom. The topological polar surface area (TPSA) is 93.2 Å². The third kappa shape index (κ3) is 4.75. The molecule has 9 heteroatoms. The zero-order valence-corrected chi connectivity index (χ0v) is 19.4. The van der Waals surface area contributed by atoms with Crippen LogP contribution >= 0.6 is 0 Å². The lowest BCUT2D eigenvalue weighted by atomic mass is 10.0. The number of benzene rings is 2. The minimum absolute atomic E-state index is 0.0194. The molecule has 1 heterocycles. The van der Waals surface area contributed by atoms with Gasteiger partial charge in [-0.25, -0.2) is 13.3 Å². The van der Waals surface area contributed by atoms with Crippen LogP contribution in [0, 0.1) is 0 Å². The van der Waals surface area contributed by atoms with Crippen molar-refractivity contribution in [2.45, 2.75) is 43.4 Å². The molecule has 8 nitrogen and oxygen atoms in total.